The lowest BCUT2D eigenvalue weighted by molar-refractivity contribution is 0.677. The SMILES string of the molecule is C1=CC(c2cscn2)C(c2ncc[nH]2)C=C1. The van der Waals surface area contributed by atoms with Gasteiger partial charge < -0.3 is 4.98 Å². The number of hydrogen-bond acceptors (Lipinski definition) is 3. The van der Waals surface area contributed by atoms with Gasteiger partial charge in [-0.2, -0.15) is 0 Å². The smallest absolute Gasteiger partial charge is 0.113 e. The molecule has 2 aromatic heterocycles. The van der Waals surface area contributed by atoms with E-state index in [4.69, 9.17) is 0 Å². The number of nitrogens with zero attached hydrogens (tertiary/aromatic N) is 2. The number of imidazole rings is 1. The fourth-order valence-corrected chi connectivity index (χ4v) is 2.60. The summed E-state index contributed by atoms with van der Waals surface area (Å²) in [6, 6.07) is 0. The maximum Gasteiger partial charge on any atom is 0.113 e. The van der Waals surface area contributed by atoms with E-state index < -0.39 is 0 Å². The van der Waals surface area contributed by atoms with Gasteiger partial charge in [0.25, 0.3) is 0 Å². The Bertz CT molecular complexity index is 448. The van der Waals surface area contributed by atoms with Gasteiger partial charge in [0.05, 0.1) is 11.2 Å². The van der Waals surface area contributed by atoms with Crippen LogP contribution in [0.4, 0.5) is 0 Å². The van der Waals surface area contributed by atoms with E-state index in [1.165, 1.54) is 0 Å². The lowest BCUT2D eigenvalue weighted by Crippen LogP contribution is -2.11. The summed E-state index contributed by atoms with van der Waals surface area (Å²) in [5.41, 5.74) is 2.99. The van der Waals surface area contributed by atoms with Crippen molar-refractivity contribution < 1.29 is 0 Å². The van der Waals surface area contributed by atoms with E-state index in [0.29, 0.717) is 5.92 Å². The fraction of sp³-hybridized carbons (Fsp3) is 0.167. The molecule has 0 saturated heterocycles. The summed E-state index contributed by atoms with van der Waals surface area (Å²) < 4.78 is 0. The van der Waals surface area contributed by atoms with Crippen LogP contribution in [-0.4, -0.2) is 15.0 Å². The van der Waals surface area contributed by atoms with Crippen LogP contribution < -0.4 is 0 Å². The Balaban J connectivity index is 1.97. The van der Waals surface area contributed by atoms with Crippen LogP contribution in [-0.2, 0) is 0 Å². The van der Waals surface area contributed by atoms with Crippen molar-refractivity contribution in [1.29, 1.82) is 0 Å². The zero-order valence-electron chi connectivity index (χ0n) is 8.58. The summed E-state index contributed by atoms with van der Waals surface area (Å²) in [5.74, 6) is 1.56. The van der Waals surface area contributed by atoms with Crippen LogP contribution in [0.25, 0.3) is 0 Å². The minimum absolute atomic E-state index is 0.266. The van der Waals surface area contributed by atoms with Gasteiger partial charge in [0, 0.05) is 29.6 Å². The molecule has 4 heteroatoms. The molecular formula is C12H11N3S. The standard InChI is InChI=1S/C12H11N3S/c1-2-4-10(12-13-5-6-14-12)9(3-1)11-7-16-8-15-11/h1-10H,(H,13,14). The van der Waals surface area contributed by atoms with Crippen LogP contribution in [0, 0.1) is 0 Å². The molecular weight excluding hydrogens is 218 g/mol. The number of thiazole rings is 1. The molecule has 2 aromatic rings. The van der Waals surface area contributed by atoms with Gasteiger partial charge in [0.1, 0.15) is 5.82 Å². The summed E-state index contributed by atoms with van der Waals surface area (Å²) in [5, 5.41) is 2.10. The molecule has 1 N–H and O–H groups in total. The van der Waals surface area contributed by atoms with Gasteiger partial charge in [-0.1, -0.05) is 24.3 Å². The first-order valence-electron chi connectivity index (χ1n) is 5.17. The first-order valence-corrected chi connectivity index (χ1v) is 6.12. The van der Waals surface area contributed by atoms with Gasteiger partial charge in [-0.25, -0.2) is 9.97 Å². The van der Waals surface area contributed by atoms with Crippen LogP contribution in [0.15, 0.2) is 47.6 Å². The van der Waals surface area contributed by atoms with Gasteiger partial charge in [0.15, 0.2) is 0 Å². The van der Waals surface area contributed by atoms with Gasteiger partial charge in [-0.15, -0.1) is 11.3 Å². The Kier molecular flexibility index (Phi) is 2.42. The highest BCUT2D eigenvalue weighted by Gasteiger charge is 2.25. The van der Waals surface area contributed by atoms with Crippen molar-refractivity contribution in [3.8, 4) is 0 Å². The number of aromatic amines is 1. The lowest BCUT2D eigenvalue weighted by atomic mass is 9.86. The number of hydrogen-bond donors (Lipinski definition) is 1. The third-order valence-corrected chi connectivity index (χ3v) is 3.37. The number of rotatable bonds is 2. The first kappa shape index (κ1) is 9.54. The van der Waals surface area contributed by atoms with E-state index in [2.05, 4.69) is 44.6 Å². The zero-order chi connectivity index (χ0) is 10.8. The van der Waals surface area contributed by atoms with Crippen LogP contribution in [0.3, 0.4) is 0 Å². The second-order valence-corrected chi connectivity index (χ2v) is 4.43. The minimum Gasteiger partial charge on any atom is -0.348 e. The summed E-state index contributed by atoms with van der Waals surface area (Å²) >= 11 is 1.63. The molecule has 3 nitrogen and oxygen atoms in total. The average Bonchev–Trinajstić information content (AvgIpc) is 3.03. The molecule has 1 aliphatic rings. The molecule has 0 fully saturated rings. The molecule has 0 aliphatic heterocycles. The van der Waals surface area contributed by atoms with Crippen LogP contribution in [0.1, 0.15) is 23.4 Å². The normalized spacial score (nSPS) is 23.8. The fourth-order valence-electron chi connectivity index (χ4n) is 2.00. The molecule has 0 amide bonds. The molecule has 2 unspecified atom stereocenters. The molecule has 2 atom stereocenters. The van der Waals surface area contributed by atoms with E-state index in [1.54, 1.807) is 17.5 Å². The van der Waals surface area contributed by atoms with Crippen molar-refractivity contribution in [2.24, 2.45) is 0 Å². The number of H-pyrrole nitrogens is 1. The predicted molar refractivity (Wildman–Crippen MR) is 64.5 cm³/mol. The Morgan fingerprint density at radius 3 is 2.69 bits per heavy atom. The van der Waals surface area contributed by atoms with Crippen molar-refractivity contribution in [1.82, 2.24) is 15.0 Å². The molecule has 3 rings (SSSR count). The van der Waals surface area contributed by atoms with Gasteiger partial charge in [-0.3, -0.25) is 0 Å². The summed E-state index contributed by atoms with van der Waals surface area (Å²) in [4.78, 5) is 11.9. The Morgan fingerprint density at radius 2 is 2.00 bits per heavy atom. The molecule has 80 valence electrons. The monoisotopic (exact) mass is 229 g/mol. The van der Waals surface area contributed by atoms with E-state index in [-0.39, 0.29) is 5.92 Å². The lowest BCUT2D eigenvalue weighted by Gasteiger charge is -2.20. The minimum atomic E-state index is 0.266. The van der Waals surface area contributed by atoms with E-state index >= 15 is 0 Å². The summed E-state index contributed by atoms with van der Waals surface area (Å²) in [7, 11) is 0. The quantitative estimate of drug-likeness (QED) is 0.860. The maximum atomic E-state index is 4.39. The number of nitrogens with one attached hydrogen (secondary N) is 1. The average molecular weight is 229 g/mol. The van der Waals surface area contributed by atoms with Gasteiger partial charge in [0.2, 0.25) is 0 Å². The van der Waals surface area contributed by atoms with E-state index in [1.807, 2.05) is 11.7 Å². The molecule has 0 saturated carbocycles. The van der Waals surface area contributed by atoms with Crippen molar-refractivity contribution in [2.45, 2.75) is 11.8 Å². The highest BCUT2D eigenvalue weighted by Crippen LogP contribution is 2.35. The van der Waals surface area contributed by atoms with Gasteiger partial charge in [-0.05, 0) is 0 Å². The topological polar surface area (TPSA) is 41.6 Å². The Morgan fingerprint density at radius 1 is 1.12 bits per heavy atom. The van der Waals surface area contributed by atoms with Crippen molar-refractivity contribution in [3.05, 3.63) is 59.1 Å². The van der Waals surface area contributed by atoms with Crippen molar-refractivity contribution in [3.63, 3.8) is 0 Å². The van der Waals surface area contributed by atoms with Crippen molar-refractivity contribution in [2.75, 3.05) is 0 Å². The molecule has 0 bridgehead atoms. The Hall–Kier alpha value is -1.68. The molecule has 0 spiro atoms. The summed E-state index contributed by atoms with van der Waals surface area (Å²) in [6.07, 6.45) is 12.1. The highest BCUT2D eigenvalue weighted by atomic mass is 32.1. The predicted octanol–water partition coefficient (Wildman–Crippen LogP) is 2.86. The third-order valence-electron chi connectivity index (χ3n) is 2.76. The second-order valence-electron chi connectivity index (χ2n) is 3.71. The largest absolute Gasteiger partial charge is 0.348 e. The van der Waals surface area contributed by atoms with E-state index in [0.717, 1.165) is 11.5 Å². The molecule has 0 radical (unpaired) electrons. The zero-order valence-corrected chi connectivity index (χ0v) is 9.39. The molecule has 2 heterocycles. The van der Waals surface area contributed by atoms with Crippen LogP contribution >= 0.6 is 11.3 Å². The van der Waals surface area contributed by atoms with Crippen LogP contribution in [0.5, 0.6) is 0 Å². The maximum absolute atomic E-state index is 4.39. The molecule has 1 aliphatic carbocycles. The number of allylic oxidation sites excluding steroid dienone is 4. The molecule has 16 heavy (non-hydrogen) atoms. The first-order chi connectivity index (χ1) is 7.95. The van der Waals surface area contributed by atoms with Gasteiger partial charge >= 0.3 is 0 Å². The van der Waals surface area contributed by atoms with Crippen molar-refractivity contribution >= 4 is 11.3 Å². The highest BCUT2D eigenvalue weighted by molar-refractivity contribution is 7.07. The number of aromatic nitrogens is 3. The summed E-state index contributed by atoms with van der Waals surface area (Å²) in [6.45, 7) is 0. The Labute approximate surface area is 97.6 Å². The second kappa shape index (κ2) is 4.06. The molecule has 0 aromatic carbocycles. The van der Waals surface area contributed by atoms with E-state index in [9.17, 15) is 0 Å². The van der Waals surface area contributed by atoms with Crippen LogP contribution in [0.2, 0.25) is 0 Å². The third kappa shape index (κ3) is 1.61.